The van der Waals surface area contributed by atoms with E-state index in [4.69, 9.17) is 16.7 Å². The normalized spacial score (nSPS) is 11.0. The molecule has 0 radical (unpaired) electrons. The van der Waals surface area contributed by atoms with Gasteiger partial charge in [-0.25, -0.2) is 8.78 Å². The second kappa shape index (κ2) is 5.18. The third kappa shape index (κ3) is 2.32. The molecular weight excluding hydrogens is 326 g/mol. The highest BCUT2D eigenvalue weighted by Crippen LogP contribution is 2.27. The smallest absolute Gasteiger partial charge is 0.265 e. The van der Waals surface area contributed by atoms with E-state index in [0.717, 1.165) is 6.20 Å². The highest BCUT2D eigenvalue weighted by Gasteiger charge is 2.17. The molecule has 0 aliphatic rings. The van der Waals surface area contributed by atoms with Crippen LogP contribution in [0.25, 0.3) is 0 Å². The first kappa shape index (κ1) is 12.1. The van der Waals surface area contributed by atoms with Gasteiger partial charge >= 0.3 is 0 Å². The minimum atomic E-state index is -2.62. The van der Waals surface area contributed by atoms with Gasteiger partial charge in [-0.1, -0.05) is 0 Å². The van der Waals surface area contributed by atoms with Crippen molar-refractivity contribution in [1.29, 1.82) is 0 Å². The lowest BCUT2D eigenvalue weighted by atomic mass is 10.1. The molecule has 78 valence electrons. The first-order chi connectivity index (χ1) is 6.61. The van der Waals surface area contributed by atoms with E-state index in [1.807, 2.05) is 22.6 Å². The summed E-state index contributed by atoms with van der Waals surface area (Å²) in [5.74, 6) is 0.148. The van der Waals surface area contributed by atoms with Crippen molar-refractivity contribution in [2.24, 2.45) is 0 Å². The summed E-state index contributed by atoms with van der Waals surface area (Å²) in [4.78, 5) is 3.80. The Kier molecular flexibility index (Phi) is 4.46. The lowest BCUT2D eigenvalue weighted by Gasteiger charge is -2.10. The van der Waals surface area contributed by atoms with Gasteiger partial charge < -0.3 is 5.11 Å². The molecule has 1 N–H and O–H groups in total. The molecular formula is C8H7ClF2INO. The molecule has 1 heterocycles. The summed E-state index contributed by atoms with van der Waals surface area (Å²) in [6, 6.07) is 0. The van der Waals surface area contributed by atoms with Crippen molar-refractivity contribution in [3.63, 3.8) is 0 Å². The van der Waals surface area contributed by atoms with Gasteiger partial charge in [0.2, 0.25) is 0 Å². The molecule has 0 saturated heterocycles. The number of halogens is 4. The average molecular weight is 334 g/mol. The highest BCUT2D eigenvalue weighted by atomic mass is 127. The SMILES string of the molecule is OCc1c(C(F)F)cnc(CCl)c1I. The van der Waals surface area contributed by atoms with Crippen LogP contribution < -0.4 is 0 Å². The third-order valence-electron chi connectivity index (χ3n) is 1.75. The van der Waals surface area contributed by atoms with Crippen LogP contribution in [0.5, 0.6) is 0 Å². The fourth-order valence-electron chi connectivity index (χ4n) is 1.02. The number of alkyl halides is 3. The fraction of sp³-hybridized carbons (Fsp3) is 0.375. The first-order valence-corrected chi connectivity index (χ1v) is 5.34. The zero-order chi connectivity index (χ0) is 10.7. The van der Waals surface area contributed by atoms with E-state index >= 15 is 0 Å². The van der Waals surface area contributed by atoms with Crippen LogP contribution >= 0.6 is 34.2 Å². The minimum Gasteiger partial charge on any atom is -0.392 e. The topological polar surface area (TPSA) is 33.1 Å². The Bertz CT molecular complexity index is 335. The standard InChI is InChI=1S/C8H7ClF2INO/c9-1-6-7(12)5(3-14)4(2-13-6)8(10)11/h2,8,14H,1,3H2. The Morgan fingerprint density at radius 2 is 2.21 bits per heavy atom. The van der Waals surface area contributed by atoms with Gasteiger partial charge in [-0.05, 0) is 22.6 Å². The van der Waals surface area contributed by atoms with Crippen molar-refractivity contribution < 1.29 is 13.9 Å². The molecule has 0 atom stereocenters. The maximum absolute atomic E-state index is 12.4. The number of nitrogens with zero attached hydrogens (tertiary/aromatic N) is 1. The van der Waals surface area contributed by atoms with Gasteiger partial charge in [0.05, 0.1) is 18.2 Å². The summed E-state index contributed by atoms with van der Waals surface area (Å²) in [6.07, 6.45) is -1.56. The third-order valence-corrected chi connectivity index (χ3v) is 3.27. The van der Waals surface area contributed by atoms with E-state index in [0.29, 0.717) is 9.26 Å². The number of hydrogen-bond donors (Lipinski definition) is 1. The first-order valence-electron chi connectivity index (χ1n) is 3.73. The van der Waals surface area contributed by atoms with Crippen LogP contribution in [0.3, 0.4) is 0 Å². The quantitative estimate of drug-likeness (QED) is 0.681. The van der Waals surface area contributed by atoms with E-state index in [1.165, 1.54) is 0 Å². The lowest BCUT2D eigenvalue weighted by molar-refractivity contribution is 0.146. The van der Waals surface area contributed by atoms with E-state index in [2.05, 4.69) is 4.98 Å². The van der Waals surface area contributed by atoms with Crippen LogP contribution in [0.4, 0.5) is 8.78 Å². The average Bonchev–Trinajstić information content (AvgIpc) is 2.17. The molecule has 1 aromatic rings. The van der Waals surface area contributed by atoms with Crippen molar-refractivity contribution in [3.05, 3.63) is 26.6 Å². The molecule has 14 heavy (non-hydrogen) atoms. The Morgan fingerprint density at radius 1 is 1.57 bits per heavy atom. The van der Waals surface area contributed by atoms with Crippen LogP contribution in [-0.2, 0) is 12.5 Å². The molecule has 1 aromatic heterocycles. The van der Waals surface area contributed by atoms with Crippen LogP contribution in [-0.4, -0.2) is 10.1 Å². The van der Waals surface area contributed by atoms with Crippen LogP contribution in [0, 0.1) is 3.57 Å². The molecule has 6 heteroatoms. The second-order valence-electron chi connectivity index (χ2n) is 2.55. The number of aliphatic hydroxyl groups excluding tert-OH is 1. The van der Waals surface area contributed by atoms with Crippen LogP contribution in [0.2, 0.25) is 0 Å². The van der Waals surface area contributed by atoms with Gasteiger partial charge in [-0.3, -0.25) is 4.98 Å². The maximum Gasteiger partial charge on any atom is 0.265 e. The Labute approximate surface area is 98.4 Å². The molecule has 0 aromatic carbocycles. The number of pyridine rings is 1. The molecule has 2 nitrogen and oxygen atoms in total. The molecule has 0 unspecified atom stereocenters. The number of aromatic nitrogens is 1. The van der Waals surface area contributed by atoms with Crippen molar-refractivity contribution in [2.75, 3.05) is 0 Å². The van der Waals surface area contributed by atoms with E-state index in [9.17, 15) is 8.78 Å². The Morgan fingerprint density at radius 3 is 2.64 bits per heavy atom. The Balaban J connectivity index is 3.28. The molecule has 1 rings (SSSR count). The predicted molar refractivity (Wildman–Crippen MR) is 57.4 cm³/mol. The molecule has 0 amide bonds. The van der Waals surface area contributed by atoms with Crippen molar-refractivity contribution in [1.82, 2.24) is 4.98 Å². The summed E-state index contributed by atoms with van der Waals surface area (Å²) >= 11 is 7.42. The van der Waals surface area contributed by atoms with Gasteiger partial charge in [0.1, 0.15) is 0 Å². The summed E-state index contributed by atoms with van der Waals surface area (Å²) in [5.41, 5.74) is 0.498. The van der Waals surface area contributed by atoms with E-state index < -0.39 is 13.0 Å². The van der Waals surface area contributed by atoms with Gasteiger partial charge in [0.15, 0.2) is 0 Å². The maximum atomic E-state index is 12.4. The second-order valence-corrected chi connectivity index (χ2v) is 3.89. The molecule has 0 aliphatic heterocycles. The molecule has 0 aliphatic carbocycles. The highest BCUT2D eigenvalue weighted by molar-refractivity contribution is 14.1. The largest absolute Gasteiger partial charge is 0.392 e. The fourth-order valence-corrected chi connectivity index (χ4v) is 2.26. The number of hydrogen-bond acceptors (Lipinski definition) is 2. The van der Waals surface area contributed by atoms with E-state index in [1.54, 1.807) is 0 Å². The lowest BCUT2D eigenvalue weighted by Crippen LogP contribution is -2.03. The summed E-state index contributed by atoms with van der Waals surface area (Å²) in [6.45, 7) is -0.426. The van der Waals surface area contributed by atoms with E-state index in [-0.39, 0.29) is 17.0 Å². The van der Waals surface area contributed by atoms with Crippen molar-refractivity contribution in [3.8, 4) is 0 Å². The van der Waals surface area contributed by atoms with Crippen molar-refractivity contribution in [2.45, 2.75) is 18.9 Å². The monoisotopic (exact) mass is 333 g/mol. The number of rotatable bonds is 3. The van der Waals surface area contributed by atoms with Crippen LogP contribution in [0.15, 0.2) is 6.20 Å². The van der Waals surface area contributed by atoms with Crippen LogP contribution in [0.1, 0.15) is 23.2 Å². The summed E-state index contributed by atoms with van der Waals surface area (Å²) in [5, 5.41) is 8.96. The van der Waals surface area contributed by atoms with Gasteiger partial charge in [-0.15, -0.1) is 11.6 Å². The van der Waals surface area contributed by atoms with Crippen molar-refractivity contribution >= 4 is 34.2 Å². The molecule has 0 bridgehead atoms. The number of aliphatic hydroxyl groups is 1. The zero-order valence-electron chi connectivity index (χ0n) is 6.98. The molecule has 0 fully saturated rings. The summed E-state index contributed by atoms with van der Waals surface area (Å²) in [7, 11) is 0. The zero-order valence-corrected chi connectivity index (χ0v) is 9.89. The molecule has 0 saturated carbocycles. The Hall–Kier alpha value is -0.0100. The predicted octanol–water partition coefficient (Wildman–Crippen LogP) is 2.85. The molecule has 0 spiro atoms. The van der Waals surface area contributed by atoms with Gasteiger partial charge in [0.25, 0.3) is 6.43 Å². The van der Waals surface area contributed by atoms with Gasteiger partial charge in [-0.2, -0.15) is 0 Å². The minimum absolute atomic E-state index is 0.148. The van der Waals surface area contributed by atoms with Gasteiger partial charge in [0, 0.05) is 20.9 Å². The summed E-state index contributed by atoms with van der Waals surface area (Å²) < 4.78 is 25.4.